The van der Waals surface area contributed by atoms with Crippen molar-refractivity contribution in [2.45, 2.75) is 18.9 Å². The minimum absolute atomic E-state index is 0.0129. The summed E-state index contributed by atoms with van der Waals surface area (Å²) in [7, 11) is 0. The molecule has 23 heavy (non-hydrogen) atoms. The molecule has 0 unspecified atom stereocenters. The maximum atomic E-state index is 12.7. The van der Waals surface area contributed by atoms with Crippen LogP contribution in [0, 0.1) is 0 Å². The molecule has 0 bridgehead atoms. The van der Waals surface area contributed by atoms with Crippen LogP contribution in [0.5, 0.6) is 0 Å². The smallest absolute Gasteiger partial charge is 0.255 e. The molecule has 1 aliphatic heterocycles. The van der Waals surface area contributed by atoms with E-state index in [9.17, 15) is 18.4 Å². The Labute approximate surface area is 132 Å². The SMILES string of the molecule is C=CC(=O)Nc1cccc(CC(=O)N(CC(F)F)C2COC2)c1. The summed E-state index contributed by atoms with van der Waals surface area (Å²) in [5, 5.41) is 2.59. The molecule has 0 saturated carbocycles. The van der Waals surface area contributed by atoms with Crippen LogP contribution in [-0.4, -0.2) is 48.9 Å². The van der Waals surface area contributed by atoms with E-state index in [2.05, 4.69) is 11.9 Å². The molecule has 2 amide bonds. The zero-order valence-electron chi connectivity index (χ0n) is 12.5. The predicted octanol–water partition coefficient (Wildman–Crippen LogP) is 1.85. The van der Waals surface area contributed by atoms with Crippen LogP contribution in [0.15, 0.2) is 36.9 Å². The number of hydrogen-bond acceptors (Lipinski definition) is 3. The summed E-state index contributed by atoms with van der Waals surface area (Å²) in [4.78, 5) is 24.8. The summed E-state index contributed by atoms with van der Waals surface area (Å²) in [5.41, 5.74) is 1.16. The van der Waals surface area contributed by atoms with Crippen LogP contribution in [0.4, 0.5) is 14.5 Å². The third-order valence-electron chi connectivity index (χ3n) is 3.45. The van der Waals surface area contributed by atoms with Crippen molar-refractivity contribution < 1.29 is 23.1 Å². The lowest BCUT2D eigenvalue weighted by atomic mass is 10.1. The molecule has 7 heteroatoms. The first-order chi connectivity index (χ1) is 11.0. The Kier molecular flexibility index (Phi) is 5.81. The molecule has 0 atom stereocenters. The number of hydrogen-bond donors (Lipinski definition) is 1. The van der Waals surface area contributed by atoms with Gasteiger partial charge in [0.05, 0.1) is 32.2 Å². The van der Waals surface area contributed by atoms with Crippen molar-refractivity contribution >= 4 is 17.5 Å². The molecule has 2 rings (SSSR count). The van der Waals surface area contributed by atoms with Crippen molar-refractivity contribution in [3.05, 3.63) is 42.5 Å². The molecule has 1 saturated heterocycles. The Morgan fingerprint density at radius 1 is 1.43 bits per heavy atom. The van der Waals surface area contributed by atoms with E-state index in [1.165, 1.54) is 4.90 Å². The standard InChI is InChI=1S/C16H18F2N2O3/c1-2-15(21)19-12-5-3-4-11(6-12)7-16(22)20(8-14(17)18)13-9-23-10-13/h2-6,13-14H,1,7-10H2,(H,19,21). The third-order valence-corrected chi connectivity index (χ3v) is 3.45. The molecular formula is C16H18F2N2O3. The summed E-state index contributed by atoms with van der Waals surface area (Å²) in [6.45, 7) is 3.33. The van der Waals surface area contributed by atoms with Gasteiger partial charge in [0.25, 0.3) is 6.43 Å². The van der Waals surface area contributed by atoms with Crippen LogP contribution >= 0.6 is 0 Å². The topological polar surface area (TPSA) is 58.6 Å². The molecule has 1 aromatic carbocycles. The molecule has 1 aliphatic rings. The number of amides is 2. The fraction of sp³-hybridized carbons (Fsp3) is 0.375. The van der Waals surface area contributed by atoms with Gasteiger partial charge in [-0.15, -0.1) is 0 Å². The Balaban J connectivity index is 2.04. The zero-order valence-corrected chi connectivity index (χ0v) is 12.5. The number of carbonyl (C=O) groups excluding carboxylic acids is 2. The molecular weight excluding hydrogens is 306 g/mol. The summed E-state index contributed by atoms with van der Waals surface area (Å²) < 4.78 is 30.3. The van der Waals surface area contributed by atoms with Gasteiger partial charge in [-0.1, -0.05) is 18.7 Å². The Bertz CT molecular complexity index is 588. The molecule has 1 fully saturated rings. The molecule has 5 nitrogen and oxygen atoms in total. The fourth-order valence-electron chi connectivity index (χ4n) is 2.23. The van der Waals surface area contributed by atoms with Crippen LogP contribution < -0.4 is 5.32 Å². The van der Waals surface area contributed by atoms with Crippen molar-refractivity contribution in [1.82, 2.24) is 4.90 Å². The van der Waals surface area contributed by atoms with Gasteiger partial charge in [0, 0.05) is 5.69 Å². The highest BCUT2D eigenvalue weighted by atomic mass is 19.3. The van der Waals surface area contributed by atoms with Gasteiger partial charge < -0.3 is 15.0 Å². The molecule has 1 heterocycles. The molecule has 1 N–H and O–H groups in total. The third kappa shape index (κ3) is 4.85. The summed E-state index contributed by atoms with van der Waals surface area (Å²) in [6.07, 6.45) is -1.46. The van der Waals surface area contributed by atoms with Crippen molar-refractivity contribution in [1.29, 1.82) is 0 Å². The van der Waals surface area contributed by atoms with Crippen LogP contribution in [0.2, 0.25) is 0 Å². The van der Waals surface area contributed by atoms with E-state index in [1.54, 1.807) is 24.3 Å². The largest absolute Gasteiger partial charge is 0.377 e. The van der Waals surface area contributed by atoms with Gasteiger partial charge in [0.1, 0.15) is 0 Å². The Morgan fingerprint density at radius 2 is 2.17 bits per heavy atom. The summed E-state index contributed by atoms with van der Waals surface area (Å²) >= 11 is 0. The molecule has 1 aromatic rings. The highest BCUT2D eigenvalue weighted by Crippen LogP contribution is 2.17. The van der Waals surface area contributed by atoms with Crippen LogP contribution in [-0.2, 0) is 20.7 Å². The van der Waals surface area contributed by atoms with Gasteiger partial charge in [0.2, 0.25) is 11.8 Å². The number of nitrogens with one attached hydrogen (secondary N) is 1. The van der Waals surface area contributed by atoms with E-state index in [4.69, 9.17) is 4.74 Å². The molecule has 0 spiro atoms. The normalized spacial score (nSPS) is 14.2. The first-order valence-corrected chi connectivity index (χ1v) is 7.17. The van der Waals surface area contributed by atoms with E-state index in [1.807, 2.05) is 0 Å². The van der Waals surface area contributed by atoms with E-state index in [0.717, 1.165) is 6.08 Å². The number of halogens is 2. The minimum Gasteiger partial charge on any atom is -0.377 e. The van der Waals surface area contributed by atoms with Crippen LogP contribution in [0.3, 0.4) is 0 Å². The maximum absolute atomic E-state index is 12.7. The monoisotopic (exact) mass is 324 g/mol. The lowest BCUT2D eigenvalue weighted by Crippen LogP contribution is -2.53. The number of rotatable bonds is 7. The second-order valence-corrected chi connectivity index (χ2v) is 5.20. The first-order valence-electron chi connectivity index (χ1n) is 7.17. The van der Waals surface area contributed by atoms with Gasteiger partial charge in [-0.3, -0.25) is 9.59 Å². The quantitative estimate of drug-likeness (QED) is 0.779. The van der Waals surface area contributed by atoms with Gasteiger partial charge in [0.15, 0.2) is 0 Å². The van der Waals surface area contributed by atoms with E-state index < -0.39 is 13.0 Å². The first kappa shape index (κ1) is 17.1. The van der Waals surface area contributed by atoms with E-state index in [0.29, 0.717) is 11.3 Å². The number of anilines is 1. The lowest BCUT2D eigenvalue weighted by Gasteiger charge is -2.37. The molecule has 124 valence electrons. The number of carbonyl (C=O) groups is 2. The summed E-state index contributed by atoms with van der Waals surface area (Å²) in [6, 6.07) is 6.41. The minimum atomic E-state index is -2.59. The average molecular weight is 324 g/mol. The second kappa shape index (κ2) is 7.82. The highest BCUT2D eigenvalue weighted by Gasteiger charge is 2.31. The van der Waals surface area contributed by atoms with Crippen LogP contribution in [0.25, 0.3) is 0 Å². The lowest BCUT2D eigenvalue weighted by molar-refractivity contribution is -0.147. The maximum Gasteiger partial charge on any atom is 0.255 e. The average Bonchev–Trinajstić information content (AvgIpc) is 2.44. The second-order valence-electron chi connectivity index (χ2n) is 5.20. The number of alkyl halides is 2. The fourth-order valence-corrected chi connectivity index (χ4v) is 2.23. The highest BCUT2D eigenvalue weighted by molar-refractivity contribution is 5.98. The predicted molar refractivity (Wildman–Crippen MR) is 81.3 cm³/mol. The zero-order chi connectivity index (χ0) is 16.8. The molecule has 0 aromatic heterocycles. The van der Waals surface area contributed by atoms with E-state index in [-0.39, 0.29) is 37.5 Å². The van der Waals surface area contributed by atoms with Crippen molar-refractivity contribution in [3.63, 3.8) is 0 Å². The van der Waals surface area contributed by atoms with Gasteiger partial charge in [-0.05, 0) is 23.8 Å². The van der Waals surface area contributed by atoms with Gasteiger partial charge >= 0.3 is 0 Å². The number of benzene rings is 1. The van der Waals surface area contributed by atoms with Gasteiger partial charge in [-0.25, -0.2) is 8.78 Å². The molecule has 0 aliphatic carbocycles. The van der Waals surface area contributed by atoms with Crippen molar-refractivity contribution in [3.8, 4) is 0 Å². The summed E-state index contributed by atoms with van der Waals surface area (Å²) in [5.74, 6) is -0.745. The molecule has 0 radical (unpaired) electrons. The van der Waals surface area contributed by atoms with Crippen LogP contribution in [0.1, 0.15) is 5.56 Å². The van der Waals surface area contributed by atoms with E-state index >= 15 is 0 Å². The van der Waals surface area contributed by atoms with Crippen molar-refractivity contribution in [2.24, 2.45) is 0 Å². The Morgan fingerprint density at radius 3 is 2.74 bits per heavy atom. The van der Waals surface area contributed by atoms with Crippen molar-refractivity contribution in [2.75, 3.05) is 25.1 Å². The Hall–Kier alpha value is -2.28. The number of nitrogens with zero attached hydrogens (tertiary/aromatic N) is 1. The van der Waals surface area contributed by atoms with Gasteiger partial charge in [-0.2, -0.15) is 0 Å². The number of ether oxygens (including phenoxy) is 1.